The van der Waals surface area contributed by atoms with Gasteiger partial charge in [-0.1, -0.05) is 29.0 Å². The number of hydrogen-bond acceptors (Lipinski definition) is 5. The second-order valence-corrected chi connectivity index (χ2v) is 4.03. The smallest absolute Gasteiger partial charge is 0.211 e. The van der Waals surface area contributed by atoms with E-state index in [-0.39, 0.29) is 0 Å². The number of benzene rings is 1. The van der Waals surface area contributed by atoms with Crippen molar-refractivity contribution >= 4 is 38.9 Å². The van der Waals surface area contributed by atoms with Gasteiger partial charge < -0.3 is 11.1 Å². The molecule has 4 nitrogen and oxygen atoms in total. The SMILES string of the molecule is Nc1nnc(Nc2cccc(Cl)c2)s1. The van der Waals surface area contributed by atoms with Crippen molar-refractivity contribution in [3.63, 3.8) is 0 Å². The molecule has 1 aromatic heterocycles. The fourth-order valence-corrected chi connectivity index (χ4v) is 1.70. The van der Waals surface area contributed by atoms with Crippen LogP contribution in [0, 0.1) is 0 Å². The van der Waals surface area contributed by atoms with Gasteiger partial charge in [0.15, 0.2) is 0 Å². The van der Waals surface area contributed by atoms with Crippen molar-refractivity contribution in [1.82, 2.24) is 10.2 Å². The van der Waals surface area contributed by atoms with Gasteiger partial charge in [0, 0.05) is 10.7 Å². The number of aromatic nitrogens is 2. The number of rotatable bonds is 2. The molecule has 0 fully saturated rings. The summed E-state index contributed by atoms with van der Waals surface area (Å²) in [6, 6.07) is 7.36. The van der Waals surface area contributed by atoms with Crippen LogP contribution in [0.15, 0.2) is 24.3 Å². The molecule has 0 unspecified atom stereocenters. The fourth-order valence-electron chi connectivity index (χ4n) is 0.975. The Kier molecular flexibility index (Phi) is 2.51. The molecule has 0 bridgehead atoms. The van der Waals surface area contributed by atoms with E-state index in [9.17, 15) is 0 Å². The quantitative estimate of drug-likeness (QED) is 0.826. The van der Waals surface area contributed by atoms with E-state index < -0.39 is 0 Å². The monoisotopic (exact) mass is 226 g/mol. The average molecular weight is 227 g/mol. The zero-order valence-electron chi connectivity index (χ0n) is 7.07. The summed E-state index contributed by atoms with van der Waals surface area (Å²) in [5.41, 5.74) is 6.31. The lowest BCUT2D eigenvalue weighted by molar-refractivity contribution is 1.10. The molecule has 72 valence electrons. The number of hydrogen-bond donors (Lipinski definition) is 2. The van der Waals surface area contributed by atoms with Crippen molar-refractivity contribution in [3.05, 3.63) is 29.3 Å². The Morgan fingerprint density at radius 2 is 2.21 bits per heavy atom. The third-order valence-corrected chi connectivity index (χ3v) is 2.42. The summed E-state index contributed by atoms with van der Waals surface area (Å²) in [5.74, 6) is 0. The molecular weight excluding hydrogens is 220 g/mol. The summed E-state index contributed by atoms with van der Waals surface area (Å²) < 4.78 is 0. The van der Waals surface area contributed by atoms with Gasteiger partial charge in [-0.15, -0.1) is 10.2 Å². The van der Waals surface area contributed by atoms with Crippen LogP contribution in [0.5, 0.6) is 0 Å². The lowest BCUT2D eigenvalue weighted by Crippen LogP contribution is -1.88. The van der Waals surface area contributed by atoms with Crippen LogP contribution in [-0.4, -0.2) is 10.2 Å². The third kappa shape index (κ3) is 2.12. The predicted octanol–water partition coefficient (Wildman–Crippen LogP) is 2.52. The molecule has 0 atom stereocenters. The first-order valence-corrected chi connectivity index (χ1v) is 5.05. The maximum atomic E-state index is 5.82. The minimum atomic E-state index is 0.439. The number of nitrogens with one attached hydrogen (secondary N) is 1. The molecule has 1 heterocycles. The fraction of sp³-hybridized carbons (Fsp3) is 0. The highest BCUT2D eigenvalue weighted by molar-refractivity contribution is 7.18. The van der Waals surface area contributed by atoms with Crippen molar-refractivity contribution < 1.29 is 0 Å². The lowest BCUT2D eigenvalue weighted by Gasteiger charge is -2.00. The molecule has 1 aromatic carbocycles. The first-order chi connectivity index (χ1) is 6.74. The Labute approximate surface area is 89.7 Å². The van der Waals surface area contributed by atoms with E-state index in [4.69, 9.17) is 17.3 Å². The molecule has 0 aliphatic rings. The van der Waals surface area contributed by atoms with E-state index >= 15 is 0 Å². The van der Waals surface area contributed by atoms with E-state index in [0.29, 0.717) is 15.3 Å². The molecule has 0 radical (unpaired) electrons. The molecule has 6 heteroatoms. The first kappa shape index (κ1) is 9.23. The van der Waals surface area contributed by atoms with Crippen LogP contribution >= 0.6 is 22.9 Å². The topological polar surface area (TPSA) is 63.8 Å². The molecule has 0 spiro atoms. The molecule has 0 saturated carbocycles. The number of nitrogens with two attached hydrogens (primary N) is 1. The van der Waals surface area contributed by atoms with Crippen molar-refractivity contribution in [3.8, 4) is 0 Å². The highest BCUT2D eigenvalue weighted by atomic mass is 35.5. The van der Waals surface area contributed by atoms with Crippen LogP contribution in [0.25, 0.3) is 0 Å². The van der Waals surface area contributed by atoms with E-state index in [1.165, 1.54) is 11.3 Å². The Bertz CT molecular complexity index is 442. The van der Waals surface area contributed by atoms with Crippen molar-refractivity contribution in [2.75, 3.05) is 11.1 Å². The Balaban J connectivity index is 2.18. The molecule has 2 rings (SSSR count). The van der Waals surface area contributed by atoms with Crippen LogP contribution in [-0.2, 0) is 0 Å². The van der Waals surface area contributed by atoms with E-state index in [1.807, 2.05) is 12.1 Å². The second-order valence-electron chi connectivity index (χ2n) is 2.58. The summed E-state index contributed by atoms with van der Waals surface area (Å²) in [6.07, 6.45) is 0. The normalized spacial score (nSPS) is 10.1. The summed E-state index contributed by atoms with van der Waals surface area (Å²) >= 11 is 7.11. The number of nitrogen functional groups attached to an aromatic ring is 1. The number of anilines is 3. The van der Waals surface area contributed by atoms with Crippen molar-refractivity contribution in [1.29, 1.82) is 0 Å². The van der Waals surface area contributed by atoms with Gasteiger partial charge in [-0.2, -0.15) is 0 Å². The number of halogens is 1. The second kappa shape index (κ2) is 3.81. The Morgan fingerprint density at radius 3 is 2.86 bits per heavy atom. The molecule has 2 aromatic rings. The molecular formula is C8H7ClN4S. The standard InChI is InChI=1S/C8H7ClN4S/c9-5-2-1-3-6(4-5)11-8-13-12-7(10)14-8/h1-4H,(H2,10,12)(H,11,13). The van der Waals surface area contributed by atoms with Gasteiger partial charge in [0.25, 0.3) is 0 Å². The molecule has 3 N–H and O–H groups in total. The summed E-state index contributed by atoms with van der Waals surface area (Å²) in [4.78, 5) is 0. The average Bonchev–Trinajstić information content (AvgIpc) is 2.51. The largest absolute Gasteiger partial charge is 0.374 e. The van der Waals surface area contributed by atoms with E-state index in [2.05, 4.69) is 15.5 Å². The highest BCUT2D eigenvalue weighted by Crippen LogP contribution is 2.23. The molecule has 0 amide bonds. The maximum absolute atomic E-state index is 5.82. The highest BCUT2D eigenvalue weighted by Gasteiger charge is 2.00. The van der Waals surface area contributed by atoms with Gasteiger partial charge in [0.2, 0.25) is 10.3 Å². The minimum absolute atomic E-state index is 0.439. The van der Waals surface area contributed by atoms with E-state index in [0.717, 1.165) is 5.69 Å². The Hall–Kier alpha value is -1.33. The zero-order valence-corrected chi connectivity index (χ0v) is 8.64. The van der Waals surface area contributed by atoms with Gasteiger partial charge in [0.1, 0.15) is 0 Å². The molecule has 0 aliphatic carbocycles. The van der Waals surface area contributed by atoms with Crippen LogP contribution < -0.4 is 11.1 Å². The summed E-state index contributed by atoms with van der Waals surface area (Å²) in [7, 11) is 0. The first-order valence-electron chi connectivity index (χ1n) is 3.85. The zero-order chi connectivity index (χ0) is 9.97. The minimum Gasteiger partial charge on any atom is -0.374 e. The maximum Gasteiger partial charge on any atom is 0.211 e. The third-order valence-electron chi connectivity index (χ3n) is 1.52. The van der Waals surface area contributed by atoms with Crippen LogP contribution in [0.3, 0.4) is 0 Å². The predicted molar refractivity (Wildman–Crippen MR) is 59.1 cm³/mol. The molecule has 0 aliphatic heterocycles. The van der Waals surface area contributed by atoms with Gasteiger partial charge >= 0.3 is 0 Å². The van der Waals surface area contributed by atoms with Crippen molar-refractivity contribution in [2.24, 2.45) is 0 Å². The Morgan fingerprint density at radius 1 is 1.36 bits per heavy atom. The van der Waals surface area contributed by atoms with Gasteiger partial charge in [-0.25, -0.2) is 0 Å². The number of nitrogens with zero attached hydrogens (tertiary/aromatic N) is 2. The van der Waals surface area contributed by atoms with Crippen LogP contribution in [0.1, 0.15) is 0 Å². The molecule has 0 saturated heterocycles. The summed E-state index contributed by atoms with van der Waals surface area (Å²) in [5, 5.41) is 12.3. The lowest BCUT2D eigenvalue weighted by atomic mass is 10.3. The van der Waals surface area contributed by atoms with Gasteiger partial charge in [-0.05, 0) is 18.2 Å². The van der Waals surface area contributed by atoms with Crippen molar-refractivity contribution in [2.45, 2.75) is 0 Å². The van der Waals surface area contributed by atoms with E-state index in [1.54, 1.807) is 12.1 Å². The molecule has 14 heavy (non-hydrogen) atoms. The van der Waals surface area contributed by atoms with Gasteiger partial charge in [0.05, 0.1) is 0 Å². The van der Waals surface area contributed by atoms with Crippen LogP contribution in [0.2, 0.25) is 5.02 Å². The summed E-state index contributed by atoms with van der Waals surface area (Å²) in [6.45, 7) is 0. The van der Waals surface area contributed by atoms with Gasteiger partial charge in [-0.3, -0.25) is 0 Å². The van der Waals surface area contributed by atoms with Crippen LogP contribution in [0.4, 0.5) is 16.0 Å².